The van der Waals surface area contributed by atoms with Crippen LogP contribution in [0.15, 0.2) is 24.4 Å². The number of hydrogen-bond acceptors (Lipinski definition) is 2. The lowest BCUT2D eigenvalue weighted by atomic mass is 9.84. The van der Waals surface area contributed by atoms with Gasteiger partial charge in [0.2, 0.25) is 0 Å². The van der Waals surface area contributed by atoms with Gasteiger partial charge in [0.25, 0.3) is 0 Å². The molecule has 2 nitrogen and oxygen atoms in total. The lowest BCUT2D eigenvalue weighted by Gasteiger charge is -2.24. The Balaban J connectivity index is 1.63. The van der Waals surface area contributed by atoms with Gasteiger partial charge in [-0.2, -0.15) is 0 Å². The van der Waals surface area contributed by atoms with Crippen LogP contribution in [0.4, 0.5) is 0 Å². The van der Waals surface area contributed by atoms with Crippen LogP contribution in [0.3, 0.4) is 0 Å². The highest BCUT2D eigenvalue weighted by molar-refractivity contribution is 5.08. The fraction of sp³-hybridized carbons (Fsp3) is 0.643. The fourth-order valence-electron chi connectivity index (χ4n) is 3.71. The molecule has 0 spiro atoms. The van der Waals surface area contributed by atoms with E-state index in [2.05, 4.69) is 11.1 Å². The molecule has 0 amide bonds. The van der Waals surface area contributed by atoms with Gasteiger partial charge in [0.05, 0.1) is 5.69 Å². The molecule has 2 aliphatic carbocycles. The number of nitrogens with zero attached hydrogens (tertiary/aromatic N) is 1. The van der Waals surface area contributed by atoms with Crippen LogP contribution in [-0.2, 0) is 0 Å². The Labute approximate surface area is 97.3 Å². The summed E-state index contributed by atoms with van der Waals surface area (Å²) >= 11 is 0. The van der Waals surface area contributed by atoms with Crippen molar-refractivity contribution >= 4 is 0 Å². The summed E-state index contributed by atoms with van der Waals surface area (Å²) in [6.45, 7) is 0. The van der Waals surface area contributed by atoms with Gasteiger partial charge in [-0.15, -0.1) is 0 Å². The van der Waals surface area contributed by atoms with E-state index in [-0.39, 0.29) is 6.04 Å². The summed E-state index contributed by atoms with van der Waals surface area (Å²) in [4.78, 5) is 4.36. The Bertz CT molecular complexity index is 349. The van der Waals surface area contributed by atoms with Crippen molar-refractivity contribution in [2.45, 2.75) is 38.1 Å². The SMILES string of the molecule is NC(CC1CC2CCC1C2)c1ccccn1. The predicted molar refractivity (Wildman–Crippen MR) is 64.7 cm³/mol. The van der Waals surface area contributed by atoms with E-state index in [1.807, 2.05) is 18.3 Å². The average Bonchev–Trinajstić information content (AvgIpc) is 2.92. The zero-order chi connectivity index (χ0) is 11.0. The van der Waals surface area contributed by atoms with Gasteiger partial charge in [-0.1, -0.05) is 12.5 Å². The third kappa shape index (κ3) is 1.86. The first-order chi connectivity index (χ1) is 7.83. The summed E-state index contributed by atoms with van der Waals surface area (Å²) in [6, 6.07) is 6.18. The molecule has 86 valence electrons. The highest BCUT2D eigenvalue weighted by Gasteiger charge is 2.39. The Kier molecular flexibility index (Phi) is 2.68. The van der Waals surface area contributed by atoms with Crippen molar-refractivity contribution in [3.05, 3.63) is 30.1 Å². The van der Waals surface area contributed by atoms with Crippen LogP contribution in [0.1, 0.15) is 43.8 Å². The Morgan fingerprint density at radius 2 is 2.25 bits per heavy atom. The molecule has 1 aromatic rings. The van der Waals surface area contributed by atoms with Crippen LogP contribution in [-0.4, -0.2) is 4.98 Å². The molecule has 2 N–H and O–H groups in total. The van der Waals surface area contributed by atoms with Gasteiger partial charge >= 0.3 is 0 Å². The molecule has 0 saturated heterocycles. The van der Waals surface area contributed by atoms with Crippen molar-refractivity contribution in [3.63, 3.8) is 0 Å². The maximum atomic E-state index is 6.24. The molecule has 2 bridgehead atoms. The standard InChI is InChI=1S/C14H20N2/c15-13(14-3-1-2-6-16-14)9-12-8-10-4-5-11(12)7-10/h1-3,6,10-13H,4-5,7-9,15H2. The Morgan fingerprint density at radius 3 is 2.88 bits per heavy atom. The first-order valence-corrected chi connectivity index (χ1v) is 6.49. The third-order valence-corrected chi connectivity index (χ3v) is 4.51. The van der Waals surface area contributed by atoms with Crippen LogP contribution in [0.25, 0.3) is 0 Å². The van der Waals surface area contributed by atoms with E-state index in [0.717, 1.165) is 29.9 Å². The molecule has 0 radical (unpaired) electrons. The van der Waals surface area contributed by atoms with E-state index in [9.17, 15) is 0 Å². The van der Waals surface area contributed by atoms with Gasteiger partial charge < -0.3 is 5.73 Å². The lowest BCUT2D eigenvalue weighted by Crippen LogP contribution is -2.20. The smallest absolute Gasteiger partial charge is 0.0571 e. The maximum absolute atomic E-state index is 6.24. The molecule has 4 atom stereocenters. The average molecular weight is 216 g/mol. The number of rotatable bonds is 3. The molecule has 4 unspecified atom stereocenters. The number of aromatic nitrogens is 1. The van der Waals surface area contributed by atoms with Crippen molar-refractivity contribution in [1.82, 2.24) is 4.98 Å². The highest BCUT2D eigenvalue weighted by Crippen LogP contribution is 2.50. The first kappa shape index (κ1) is 10.3. The lowest BCUT2D eigenvalue weighted by molar-refractivity contribution is 0.294. The molecule has 1 aromatic heterocycles. The molecule has 2 heteroatoms. The van der Waals surface area contributed by atoms with Gasteiger partial charge in [-0.05, 0) is 55.6 Å². The van der Waals surface area contributed by atoms with Crippen molar-refractivity contribution in [2.75, 3.05) is 0 Å². The second-order valence-electron chi connectivity index (χ2n) is 5.53. The largest absolute Gasteiger partial charge is 0.323 e. The number of nitrogens with two attached hydrogens (primary N) is 1. The van der Waals surface area contributed by atoms with Crippen LogP contribution in [0.5, 0.6) is 0 Å². The molecule has 2 aliphatic rings. The van der Waals surface area contributed by atoms with Crippen LogP contribution in [0, 0.1) is 17.8 Å². The quantitative estimate of drug-likeness (QED) is 0.843. The summed E-state index contributed by atoms with van der Waals surface area (Å²) < 4.78 is 0. The highest BCUT2D eigenvalue weighted by atomic mass is 14.8. The number of fused-ring (bicyclic) bond motifs is 2. The monoisotopic (exact) mass is 216 g/mol. The van der Waals surface area contributed by atoms with Crippen molar-refractivity contribution in [2.24, 2.45) is 23.5 Å². The maximum Gasteiger partial charge on any atom is 0.0571 e. The van der Waals surface area contributed by atoms with E-state index in [1.165, 1.54) is 25.7 Å². The minimum atomic E-state index is 0.144. The topological polar surface area (TPSA) is 38.9 Å². The molecule has 2 fully saturated rings. The van der Waals surface area contributed by atoms with Gasteiger partial charge in [-0.3, -0.25) is 4.98 Å². The summed E-state index contributed by atoms with van der Waals surface area (Å²) in [5.41, 5.74) is 7.30. The van der Waals surface area contributed by atoms with Crippen LogP contribution < -0.4 is 5.73 Å². The summed E-state index contributed by atoms with van der Waals surface area (Å²) in [5, 5.41) is 0. The molecule has 3 rings (SSSR count). The second-order valence-corrected chi connectivity index (χ2v) is 5.53. The second kappa shape index (κ2) is 4.17. The van der Waals surface area contributed by atoms with Crippen molar-refractivity contribution in [1.29, 1.82) is 0 Å². The normalized spacial score (nSPS) is 34.2. The van der Waals surface area contributed by atoms with Gasteiger partial charge in [0.15, 0.2) is 0 Å². The van der Waals surface area contributed by atoms with Gasteiger partial charge in [0.1, 0.15) is 0 Å². The zero-order valence-electron chi connectivity index (χ0n) is 9.68. The van der Waals surface area contributed by atoms with Crippen LogP contribution >= 0.6 is 0 Å². The Morgan fingerprint density at radius 1 is 1.31 bits per heavy atom. The van der Waals surface area contributed by atoms with E-state index in [1.54, 1.807) is 0 Å². The number of hydrogen-bond donors (Lipinski definition) is 1. The zero-order valence-corrected chi connectivity index (χ0v) is 9.68. The summed E-state index contributed by atoms with van der Waals surface area (Å²) in [5.74, 6) is 2.86. The van der Waals surface area contributed by atoms with Crippen molar-refractivity contribution in [3.8, 4) is 0 Å². The molecule has 2 saturated carbocycles. The van der Waals surface area contributed by atoms with E-state index < -0.39 is 0 Å². The minimum absolute atomic E-state index is 0.144. The van der Waals surface area contributed by atoms with Gasteiger partial charge in [-0.25, -0.2) is 0 Å². The summed E-state index contributed by atoms with van der Waals surface area (Å²) in [7, 11) is 0. The molecule has 0 aromatic carbocycles. The van der Waals surface area contributed by atoms with E-state index in [4.69, 9.17) is 5.73 Å². The molecular formula is C14H20N2. The molecule has 1 heterocycles. The third-order valence-electron chi connectivity index (χ3n) is 4.51. The molecule has 16 heavy (non-hydrogen) atoms. The van der Waals surface area contributed by atoms with Crippen LogP contribution in [0.2, 0.25) is 0 Å². The minimum Gasteiger partial charge on any atom is -0.323 e. The van der Waals surface area contributed by atoms with Crippen molar-refractivity contribution < 1.29 is 0 Å². The predicted octanol–water partition coefficient (Wildman–Crippen LogP) is 2.91. The fourth-order valence-corrected chi connectivity index (χ4v) is 3.71. The number of pyridine rings is 1. The van der Waals surface area contributed by atoms with Gasteiger partial charge in [0, 0.05) is 12.2 Å². The summed E-state index contributed by atoms with van der Waals surface area (Å²) in [6.07, 6.45) is 8.79. The molecular weight excluding hydrogens is 196 g/mol. The Hall–Kier alpha value is -0.890. The van der Waals surface area contributed by atoms with E-state index >= 15 is 0 Å². The first-order valence-electron chi connectivity index (χ1n) is 6.49. The van der Waals surface area contributed by atoms with E-state index in [0.29, 0.717) is 0 Å². The molecule has 0 aliphatic heterocycles.